The number of aliphatic hydroxyl groups excluding tert-OH is 1. The molecule has 1 aromatic heterocycles. The van der Waals surface area contributed by atoms with E-state index in [1.807, 2.05) is 13.0 Å². The van der Waals surface area contributed by atoms with E-state index < -0.39 is 0 Å². The summed E-state index contributed by atoms with van der Waals surface area (Å²) in [6.07, 6.45) is 6.06. The van der Waals surface area contributed by atoms with Gasteiger partial charge in [-0.15, -0.1) is 0 Å². The van der Waals surface area contributed by atoms with Gasteiger partial charge in [0.05, 0.1) is 6.61 Å². The second-order valence-electron chi connectivity index (χ2n) is 3.03. The Hall–Kier alpha value is -0.890. The number of aromatic nitrogens is 1. The van der Waals surface area contributed by atoms with Crippen molar-refractivity contribution in [1.82, 2.24) is 4.98 Å². The highest BCUT2D eigenvalue weighted by Crippen LogP contribution is 1.99. The van der Waals surface area contributed by atoms with Gasteiger partial charge in [0.15, 0.2) is 0 Å². The summed E-state index contributed by atoms with van der Waals surface area (Å²) < 4.78 is 0. The lowest BCUT2D eigenvalue weighted by Gasteiger charge is -1.93. The third-order valence-electron chi connectivity index (χ3n) is 1.61. The van der Waals surface area contributed by atoms with Crippen molar-refractivity contribution in [1.29, 1.82) is 0 Å². The first-order chi connectivity index (χ1) is 6.24. The number of hydrogen-bond acceptors (Lipinski definition) is 2. The van der Waals surface area contributed by atoms with Crippen LogP contribution in [-0.2, 0) is 6.61 Å². The predicted molar refractivity (Wildman–Crippen MR) is 55.5 cm³/mol. The van der Waals surface area contributed by atoms with Crippen molar-refractivity contribution in [3.8, 4) is 0 Å². The van der Waals surface area contributed by atoms with Gasteiger partial charge >= 0.3 is 0 Å². The van der Waals surface area contributed by atoms with Gasteiger partial charge in [-0.2, -0.15) is 0 Å². The minimum atomic E-state index is 0.0781. The largest absolute Gasteiger partial charge is 0.392 e. The Morgan fingerprint density at radius 2 is 1.85 bits per heavy atom. The summed E-state index contributed by atoms with van der Waals surface area (Å²) in [6, 6.07) is 1.91. The van der Waals surface area contributed by atoms with E-state index in [1.54, 1.807) is 12.4 Å². The second kappa shape index (κ2) is 7.74. The Balaban J connectivity index is 0.000000310. The maximum Gasteiger partial charge on any atom is 0.0696 e. The van der Waals surface area contributed by atoms with E-state index in [4.69, 9.17) is 5.11 Å². The van der Waals surface area contributed by atoms with Gasteiger partial charge in [0.2, 0.25) is 0 Å². The van der Waals surface area contributed by atoms with Gasteiger partial charge in [-0.25, -0.2) is 0 Å². The molecule has 74 valence electrons. The summed E-state index contributed by atoms with van der Waals surface area (Å²) in [4.78, 5) is 3.90. The lowest BCUT2D eigenvalue weighted by molar-refractivity contribution is 0.281. The smallest absolute Gasteiger partial charge is 0.0696 e. The van der Waals surface area contributed by atoms with Gasteiger partial charge in [0.1, 0.15) is 0 Å². The summed E-state index contributed by atoms with van der Waals surface area (Å²) in [6.45, 7) is 6.39. The molecule has 1 rings (SSSR count). The van der Waals surface area contributed by atoms with Crippen LogP contribution in [-0.4, -0.2) is 10.1 Å². The average Bonchev–Trinajstić information content (AvgIpc) is 2.18. The molecular formula is C11H19NO. The minimum absolute atomic E-state index is 0.0781. The molecule has 0 spiro atoms. The second-order valence-corrected chi connectivity index (χ2v) is 3.03. The quantitative estimate of drug-likeness (QED) is 0.761. The molecule has 0 aliphatic heterocycles. The van der Waals surface area contributed by atoms with E-state index in [2.05, 4.69) is 18.8 Å². The maximum absolute atomic E-state index is 8.62. The summed E-state index contributed by atoms with van der Waals surface area (Å²) in [7, 11) is 0. The van der Waals surface area contributed by atoms with Crippen LogP contribution in [0.1, 0.15) is 37.8 Å². The number of unbranched alkanes of at least 4 members (excludes halogenated alkanes) is 1. The molecule has 0 saturated heterocycles. The van der Waals surface area contributed by atoms with Crippen molar-refractivity contribution in [3.05, 3.63) is 29.6 Å². The van der Waals surface area contributed by atoms with E-state index in [9.17, 15) is 0 Å². The number of pyridine rings is 1. The molecule has 1 heterocycles. The molecule has 2 nitrogen and oxygen atoms in total. The topological polar surface area (TPSA) is 33.1 Å². The SMILES string of the molecule is CCCC.Cc1cncc(CO)c1. The van der Waals surface area contributed by atoms with E-state index >= 15 is 0 Å². The Morgan fingerprint density at radius 3 is 2.15 bits per heavy atom. The standard InChI is InChI=1S/C7H9NO.C4H10/c1-6-2-7(5-9)4-8-3-6;1-3-4-2/h2-4,9H,5H2,1H3;3-4H2,1-2H3. The summed E-state index contributed by atoms with van der Waals surface area (Å²) >= 11 is 0. The van der Waals surface area contributed by atoms with E-state index in [0.717, 1.165) is 11.1 Å². The molecule has 2 heteroatoms. The highest BCUT2D eigenvalue weighted by atomic mass is 16.3. The number of aryl methyl sites for hydroxylation is 1. The molecule has 0 bridgehead atoms. The molecule has 13 heavy (non-hydrogen) atoms. The Kier molecular flexibility index (Phi) is 7.21. The van der Waals surface area contributed by atoms with Crippen LogP contribution in [0.3, 0.4) is 0 Å². The first kappa shape index (κ1) is 12.1. The average molecular weight is 181 g/mol. The maximum atomic E-state index is 8.62. The molecular weight excluding hydrogens is 162 g/mol. The van der Waals surface area contributed by atoms with Gasteiger partial charge in [-0.05, 0) is 18.1 Å². The summed E-state index contributed by atoms with van der Waals surface area (Å²) in [5.41, 5.74) is 1.96. The van der Waals surface area contributed by atoms with Crippen LogP contribution in [0.25, 0.3) is 0 Å². The molecule has 0 fully saturated rings. The molecule has 1 N–H and O–H groups in total. The lowest BCUT2D eigenvalue weighted by atomic mass is 10.2. The molecule has 1 aromatic rings. The first-order valence-corrected chi connectivity index (χ1v) is 4.76. The van der Waals surface area contributed by atoms with E-state index in [0.29, 0.717) is 0 Å². The molecule has 0 unspecified atom stereocenters. The van der Waals surface area contributed by atoms with Gasteiger partial charge < -0.3 is 5.11 Å². The van der Waals surface area contributed by atoms with Gasteiger partial charge in [-0.3, -0.25) is 4.98 Å². The normalized spacial score (nSPS) is 8.92. The number of nitrogens with zero attached hydrogens (tertiary/aromatic N) is 1. The van der Waals surface area contributed by atoms with Gasteiger partial charge in [0.25, 0.3) is 0 Å². The van der Waals surface area contributed by atoms with E-state index in [-0.39, 0.29) is 6.61 Å². The van der Waals surface area contributed by atoms with Crippen molar-refractivity contribution in [2.45, 2.75) is 40.2 Å². The Morgan fingerprint density at radius 1 is 1.23 bits per heavy atom. The van der Waals surface area contributed by atoms with E-state index in [1.165, 1.54) is 12.8 Å². The molecule has 0 amide bonds. The summed E-state index contributed by atoms with van der Waals surface area (Å²) in [5.74, 6) is 0. The fraction of sp³-hybridized carbons (Fsp3) is 0.545. The van der Waals surface area contributed by atoms with Crippen LogP contribution < -0.4 is 0 Å². The zero-order valence-corrected chi connectivity index (χ0v) is 8.75. The highest BCUT2D eigenvalue weighted by molar-refractivity contribution is 5.15. The monoisotopic (exact) mass is 181 g/mol. The molecule has 0 atom stereocenters. The van der Waals surface area contributed by atoms with Crippen molar-refractivity contribution >= 4 is 0 Å². The summed E-state index contributed by atoms with van der Waals surface area (Å²) in [5, 5.41) is 8.62. The van der Waals surface area contributed by atoms with Crippen molar-refractivity contribution in [2.24, 2.45) is 0 Å². The number of aliphatic hydroxyl groups is 1. The Labute approximate surface area is 80.6 Å². The number of hydrogen-bond donors (Lipinski definition) is 1. The van der Waals surface area contributed by atoms with Crippen molar-refractivity contribution in [2.75, 3.05) is 0 Å². The zero-order valence-electron chi connectivity index (χ0n) is 8.75. The predicted octanol–water partition coefficient (Wildman–Crippen LogP) is 2.69. The van der Waals surface area contributed by atoms with Gasteiger partial charge in [-0.1, -0.05) is 32.8 Å². The third-order valence-corrected chi connectivity index (χ3v) is 1.61. The zero-order chi connectivity index (χ0) is 10.1. The van der Waals surface area contributed by atoms with Crippen LogP contribution >= 0.6 is 0 Å². The fourth-order valence-corrected chi connectivity index (χ4v) is 0.704. The van der Waals surface area contributed by atoms with Crippen LogP contribution in [0.2, 0.25) is 0 Å². The van der Waals surface area contributed by atoms with Crippen LogP contribution in [0.4, 0.5) is 0 Å². The molecule has 0 saturated carbocycles. The molecule has 0 radical (unpaired) electrons. The van der Waals surface area contributed by atoms with Crippen LogP contribution in [0.15, 0.2) is 18.5 Å². The fourth-order valence-electron chi connectivity index (χ4n) is 0.704. The van der Waals surface area contributed by atoms with Crippen molar-refractivity contribution < 1.29 is 5.11 Å². The number of rotatable bonds is 2. The van der Waals surface area contributed by atoms with Crippen LogP contribution in [0, 0.1) is 6.92 Å². The highest BCUT2D eigenvalue weighted by Gasteiger charge is 1.88. The molecule has 0 aliphatic carbocycles. The minimum Gasteiger partial charge on any atom is -0.392 e. The molecule has 0 aromatic carbocycles. The first-order valence-electron chi connectivity index (χ1n) is 4.76. The third kappa shape index (κ3) is 6.29. The van der Waals surface area contributed by atoms with Crippen LogP contribution in [0.5, 0.6) is 0 Å². The Bertz CT molecular complexity index is 221. The molecule has 0 aliphatic rings. The lowest BCUT2D eigenvalue weighted by Crippen LogP contribution is -1.84. The van der Waals surface area contributed by atoms with Gasteiger partial charge in [0, 0.05) is 12.4 Å². The van der Waals surface area contributed by atoms with Crippen molar-refractivity contribution in [3.63, 3.8) is 0 Å².